The van der Waals surface area contributed by atoms with E-state index in [4.69, 9.17) is 4.74 Å². The molecule has 1 amide bonds. The number of likely N-dealkylation sites (N-methyl/N-ethyl adjacent to an activating group) is 1. The van der Waals surface area contributed by atoms with E-state index in [1.54, 1.807) is 25.3 Å². The van der Waals surface area contributed by atoms with Crippen LogP contribution in [-0.2, 0) is 9.53 Å². The fourth-order valence-electron chi connectivity index (χ4n) is 1.78. The van der Waals surface area contributed by atoms with E-state index in [9.17, 15) is 4.79 Å². The maximum Gasteiger partial charge on any atom is 0.239 e. The van der Waals surface area contributed by atoms with Gasteiger partial charge in [0.15, 0.2) is 11.5 Å². The molecule has 0 aliphatic carbocycles. The molecule has 0 saturated carbocycles. The van der Waals surface area contributed by atoms with Crippen LogP contribution in [0.5, 0.6) is 0 Å². The lowest BCUT2D eigenvalue weighted by Gasteiger charge is -2.18. The van der Waals surface area contributed by atoms with Gasteiger partial charge in [0.1, 0.15) is 4.60 Å². The van der Waals surface area contributed by atoms with Crippen molar-refractivity contribution in [2.75, 3.05) is 38.8 Å². The highest BCUT2D eigenvalue weighted by Gasteiger charge is 2.13. The molecule has 0 atom stereocenters. The van der Waals surface area contributed by atoms with Crippen molar-refractivity contribution in [3.05, 3.63) is 23.2 Å². The zero-order valence-corrected chi connectivity index (χ0v) is 12.9. The zero-order chi connectivity index (χ0) is 14.5. The Morgan fingerprint density at radius 3 is 3.15 bits per heavy atom. The Kier molecular flexibility index (Phi) is 4.91. The first-order chi connectivity index (χ1) is 9.61. The maximum absolute atomic E-state index is 11.8. The molecule has 0 aliphatic rings. The van der Waals surface area contributed by atoms with E-state index >= 15 is 0 Å². The third-order valence-electron chi connectivity index (χ3n) is 2.70. The Morgan fingerprint density at radius 2 is 2.40 bits per heavy atom. The maximum atomic E-state index is 11.8. The van der Waals surface area contributed by atoms with Gasteiger partial charge in [-0.2, -0.15) is 0 Å². The van der Waals surface area contributed by atoms with E-state index in [0.29, 0.717) is 29.2 Å². The number of carbonyl (C=O) groups excluding carboxylic acids is 1. The van der Waals surface area contributed by atoms with Crippen LogP contribution >= 0.6 is 15.9 Å². The summed E-state index contributed by atoms with van der Waals surface area (Å²) in [6, 6.07) is 0. The molecular formula is C12H16BrN5O2. The summed E-state index contributed by atoms with van der Waals surface area (Å²) in [4.78, 5) is 22.2. The minimum absolute atomic E-state index is 0.0870. The van der Waals surface area contributed by atoms with Gasteiger partial charge < -0.3 is 19.4 Å². The minimum atomic E-state index is -0.0870. The number of halogens is 1. The molecule has 0 bridgehead atoms. The Morgan fingerprint density at radius 1 is 1.60 bits per heavy atom. The number of anilines is 1. The number of aromatic nitrogens is 3. The number of carbonyl (C=O) groups is 1. The average molecular weight is 342 g/mol. The molecule has 108 valence electrons. The lowest BCUT2D eigenvalue weighted by Crippen LogP contribution is -2.37. The number of rotatable bonds is 6. The van der Waals surface area contributed by atoms with Crippen molar-refractivity contribution < 1.29 is 9.53 Å². The topological polar surface area (TPSA) is 71.8 Å². The van der Waals surface area contributed by atoms with Crippen LogP contribution in [0.3, 0.4) is 0 Å². The van der Waals surface area contributed by atoms with Crippen LogP contribution in [0.25, 0.3) is 5.65 Å². The first kappa shape index (κ1) is 14.7. The van der Waals surface area contributed by atoms with Crippen molar-refractivity contribution in [2.45, 2.75) is 0 Å². The first-order valence-corrected chi connectivity index (χ1v) is 6.87. The summed E-state index contributed by atoms with van der Waals surface area (Å²) in [5.74, 6) is 0.558. The molecule has 2 rings (SSSR count). The molecule has 0 aromatic carbocycles. The Hall–Kier alpha value is -1.67. The number of methoxy groups -OCH3 is 1. The quantitative estimate of drug-likeness (QED) is 0.782. The summed E-state index contributed by atoms with van der Waals surface area (Å²) >= 11 is 3.35. The third kappa shape index (κ3) is 3.45. The van der Waals surface area contributed by atoms with Gasteiger partial charge in [-0.3, -0.25) is 4.79 Å². The predicted octanol–water partition coefficient (Wildman–Crippen LogP) is 0.691. The van der Waals surface area contributed by atoms with Gasteiger partial charge in [-0.15, -0.1) is 0 Å². The number of fused-ring (bicyclic) bond motifs is 1. The molecule has 0 unspecified atom stereocenters. The van der Waals surface area contributed by atoms with E-state index in [-0.39, 0.29) is 12.5 Å². The lowest BCUT2D eigenvalue weighted by molar-refractivity contribution is -0.119. The second-order valence-corrected chi connectivity index (χ2v) is 5.06. The van der Waals surface area contributed by atoms with Crippen LogP contribution in [0.1, 0.15) is 0 Å². The summed E-state index contributed by atoms with van der Waals surface area (Å²) in [5.41, 5.74) is 0.709. The fraction of sp³-hybridized carbons (Fsp3) is 0.417. The van der Waals surface area contributed by atoms with Crippen molar-refractivity contribution in [3.63, 3.8) is 0 Å². The Bertz CT molecular complexity index is 601. The minimum Gasteiger partial charge on any atom is -0.383 e. The van der Waals surface area contributed by atoms with Gasteiger partial charge in [0, 0.05) is 39.3 Å². The first-order valence-electron chi connectivity index (χ1n) is 6.08. The molecule has 0 spiro atoms. The van der Waals surface area contributed by atoms with Crippen molar-refractivity contribution in [2.24, 2.45) is 0 Å². The molecule has 0 saturated heterocycles. The molecule has 2 aromatic heterocycles. The van der Waals surface area contributed by atoms with Crippen molar-refractivity contribution >= 4 is 33.3 Å². The number of ether oxygens (including phenoxy) is 1. The molecule has 8 heteroatoms. The second-order valence-electron chi connectivity index (χ2n) is 4.24. The smallest absolute Gasteiger partial charge is 0.239 e. The third-order valence-corrected chi connectivity index (χ3v) is 3.08. The highest BCUT2D eigenvalue weighted by Crippen LogP contribution is 2.19. The summed E-state index contributed by atoms with van der Waals surface area (Å²) < 4.78 is 7.42. The van der Waals surface area contributed by atoms with Crippen LogP contribution < -0.4 is 10.2 Å². The summed E-state index contributed by atoms with van der Waals surface area (Å²) in [6.45, 7) is 1.19. The van der Waals surface area contributed by atoms with E-state index in [2.05, 4.69) is 31.2 Å². The molecule has 20 heavy (non-hydrogen) atoms. The molecule has 0 radical (unpaired) electrons. The molecule has 0 aliphatic heterocycles. The van der Waals surface area contributed by atoms with E-state index in [1.165, 1.54) is 0 Å². The SMILES string of the molecule is COCCNC(=O)CN(C)c1nc(Br)cn2ccnc12. The zero-order valence-electron chi connectivity index (χ0n) is 11.3. The van der Waals surface area contributed by atoms with Gasteiger partial charge in [-0.25, -0.2) is 9.97 Å². The predicted molar refractivity (Wildman–Crippen MR) is 78.8 cm³/mol. The number of hydrogen-bond acceptors (Lipinski definition) is 5. The highest BCUT2D eigenvalue weighted by atomic mass is 79.9. The summed E-state index contributed by atoms with van der Waals surface area (Å²) in [7, 11) is 3.40. The van der Waals surface area contributed by atoms with E-state index < -0.39 is 0 Å². The van der Waals surface area contributed by atoms with Crippen LogP contribution in [0.15, 0.2) is 23.2 Å². The van der Waals surface area contributed by atoms with Crippen LogP contribution in [-0.4, -0.2) is 54.1 Å². The van der Waals surface area contributed by atoms with Gasteiger partial charge in [0.2, 0.25) is 5.91 Å². The molecular weight excluding hydrogens is 326 g/mol. The number of imidazole rings is 1. The van der Waals surface area contributed by atoms with Gasteiger partial charge in [-0.1, -0.05) is 0 Å². The number of hydrogen-bond donors (Lipinski definition) is 1. The lowest BCUT2D eigenvalue weighted by atomic mass is 10.4. The molecule has 0 fully saturated rings. The van der Waals surface area contributed by atoms with Crippen molar-refractivity contribution in [3.8, 4) is 0 Å². The van der Waals surface area contributed by atoms with Gasteiger partial charge in [0.25, 0.3) is 0 Å². The Balaban J connectivity index is 2.09. The number of amides is 1. The monoisotopic (exact) mass is 341 g/mol. The molecule has 1 N–H and O–H groups in total. The number of nitrogens with zero attached hydrogens (tertiary/aromatic N) is 4. The molecule has 2 aromatic rings. The van der Waals surface area contributed by atoms with Crippen LogP contribution in [0, 0.1) is 0 Å². The fourth-order valence-corrected chi connectivity index (χ4v) is 2.17. The highest BCUT2D eigenvalue weighted by molar-refractivity contribution is 9.10. The van der Waals surface area contributed by atoms with Crippen molar-refractivity contribution in [1.82, 2.24) is 19.7 Å². The van der Waals surface area contributed by atoms with Crippen LogP contribution in [0.4, 0.5) is 5.82 Å². The van der Waals surface area contributed by atoms with Crippen molar-refractivity contribution in [1.29, 1.82) is 0 Å². The number of nitrogens with one attached hydrogen (secondary N) is 1. The second kappa shape index (κ2) is 6.67. The summed E-state index contributed by atoms with van der Waals surface area (Å²) in [6.07, 6.45) is 5.34. The van der Waals surface area contributed by atoms with Gasteiger partial charge >= 0.3 is 0 Å². The molecule has 2 heterocycles. The average Bonchev–Trinajstić information content (AvgIpc) is 2.85. The molecule has 7 nitrogen and oxygen atoms in total. The van der Waals surface area contributed by atoms with Crippen LogP contribution in [0.2, 0.25) is 0 Å². The normalized spacial score (nSPS) is 10.8. The Labute approximate surface area is 125 Å². The van der Waals surface area contributed by atoms with Gasteiger partial charge in [0.05, 0.1) is 13.2 Å². The largest absolute Gasteiger partial charge is 0.383 e. The standard InChI is InChI=1S/C12H16BrN5O2/c1-17(8-10(19)14-4-6-20-2)12-11-15-3-5-18(11)7-9(13)16-12/h3,5,7H,4,6,8H2,1-2H3,(H,14,19). The van der Waals surface area contributed by atoms with E-state index in [0.717, 1.165) is 0 Å². The summed E-state index contributed by atoms with van der Waals surface area (Å²) in [5, 5.41) is 2.77. The van der Waals surface area contributed by atoms with Gasteiger partial charge in [-0.05, 0) is 15.9 Å². The van der Waals surface area contributed by atoms with E-state index in [1.807, 2.05) is 16.8 Å².